The van der Waals surface area contributed by atoms with E-state index < -0.39 is 5.97 Å². The summed E-state index contributed by atoms with van der Waals surface area (Å²) < 4.78 is 11.8. The third-order valence-corrected chi connectivity index (χ3v) is 7.83. The van der Waals surface area contributed by atoms with Gasteiger partial charge in [-0.3, -0.25) is 19.3 Å². The summed E-state index contributed by atoms with van der Waals surface area (Å²) in [5.41, 5.74) is 3.64. The van der Waals surface area contributed by atoms with Gasteiger partial charge in [-0.25, -0.2) is 0 Å². The van der Waals surface area contributed by atoms with Crippen molar-refractivity contribution in [2.75, 3.05) is 13.2 Å². The number of ether oxygens (including phenoxy) is 1. The molecule has 2 aliphatic heterocycles. The number of carbonyl (C=O) groups excluding carboxylic acids is 2. The number of fused-ring (bicyclic) bond motifs is 3. The van der Waals surface area contributed by atoms with E-state index in [4.69, 9.17) is 14.3 Å². The third kappa shape index (κ3) is 5.49. The first-order valence-electron chi connectivity index (χ1n) is 13.1. The summed E-state index contributed by atoms with van der Waals surface area (Å²) in [4.78, 5) is 38.7. The van der Waals surface area contributed by atoms with Gasteiger partial charge in [-0.1, -0.05) is 24.5 Å². The van der Waals surface area contributed by atoms with Gasteiger partial charge in [0.05, 0.1) is 24.5 Å². The average molecular weight is 500 g/mol. The first kappa shape index (κ1) is 26.4. The number of carboxylic acid groups (broad SMARTS) is 1. The molecular weight excluding hydrogens is 462 g/mol. The van der Waals surface area contributed by atoms with E-state index in [0.29, 0.717) is 50.4 Å². The highest BCUT2D eigenvalue weighted by atomic mass is 16.5. The number of aliphatic hydroxyl groups is 1. The summed E-state index contributed by atoms with van der Waals surface area (Å²) >= 11 is 0. The largest absolute Gasteiger partial charge is 0.481 e. The predicted octanol–water partition coefficient (Wildman–Crippen LogP) is 4.33. The van der Waals surface area contributed by atoms with Crippen LogP contribution in [0.15, 0.2) is 33.3 Å². The van der Waals surface area contributed by atoms with Crippen molar-refractivity contribution in [2.45, 2.75) is 77.9 Å². The Labute approximate surface area is 212 Å². The number of imide groups is 1. The number of hydrogen-bond acceptors (Lipinski definition) is 6. The molecule has 1 aliphatic carbocycles. The maximum Gasteiger partial charge on any atom is 0.303 e. The van der Waals surface area contributed by atoms with Gasteiger partial charge < -0.3 is 19.4 Å². The van der Waals surface area contributed by atoms with Crippen LogP contribution in [-0.2, 0) is 25.7 Å². The summed E-state index contributed by atoms with van der Waals surface area (Å²) in [7, 11) is 0. The highest BCUT2D eigenvalue weighted by molar-refractivity contribution is 6.05. The van der Waals surface area contributed by atoms with Gasteiger partial charge in [-0.15, -0.1) is 0 Å². The molecule has 2 saturated heterocycles. The molecule has 0 radical (unpaired) electrons. The molecule has 3 aliphatic rings. The number of hydrogen-bond donors (Lipinski definition) is 2. The molecule has 3 heterocycles. The van der Waals surface area contributed by atoms with Crippen molar-refractivity contribution in [3.05, 3.63) is 40.4 Å². The van der Waals surface area contributed by atoms with E-state index in [9.17, 15) is 19.5 Å². The highest BCUT2D eigenvalue weighted by Gasteiger charge is 2.56. The minimum Gasteiger partial charge on any atom is -0.481 e. The molecule has 0 spiro atoms. The van der Waals surface area contributed by atoms with Crippen molar-refractivity contribution in [1.29, 1.82) is 0 Å². The Balaban J connectivity index is 1.40. The van der Waals surface area contributed by atoms with Gasteiger partial charge in [0, 0.05) is 18.9 Å². The van der Waals surface area contributed by atoms with E-state index in [-0.39, 0.29) is 48.7 Å². The van der Waals surface area contributed by atoms with E-state index in [0.717, 1.165) is 24.8 Å². The zero-order chi connectivity index (χ0) is 25.8. The smallest absolute Gasteiger partial charge is 0.303 e. The highest BCUT2D eigenvalue weighted by Crippen LogP contribution is 2.50. The number of unbranched alkanes of at least 4 members (excludes halogenated alkanes) is 2. The van der Waals surface area contributed by atoms with Crippen LogP contribution in [0, 0.1) is 17.8 Å². The van der Waals surface area contributed by atoms with Crippen LogP contribution in [0.1, 0.15) is 76.7 Å². The van der Waals surface area contributed by atoms with Gasteiger partial charge in [0.15, 0.2) is 0 Å². The Bertz CT molecular complexity index is 1050. The summed E-state index contributed by atoms with van der Waals surface area (Å²) in [5.74, 6) is -0.413. The summed E-state index contributed by atoms with van der Waals surface area (Å²) in [6.07, 6.45) is 7.00. The minimum atomic E-state index is -0.821. The molecule has 196 valence electrons. The molecule has 0 aromatic carbocycles. The van der Waals surface area contributed by atoms with Crippen molar-refractivity contribution in [1.82, 2.24) is 4.90 Å². The van der Waals surface area contributed by atoms with Crippen LogP contribution in [0.3, 0.4) is 0 Å². The number of aliphatic hydroxyl groups excluding tert-OH is 1. The summed E-state index contributed by atoms with van der Waals surface area (Å²) in [5, 5.41) is 18.0. The van der Waals surface area contributed by atoms with Crippen LogP contribution >= 0.6 is 0 Å². The number of furan rings is 1. The van der Waals surface area contributed by atoms with Gasteiger partial charge in [0.25, 0.3) is 0 Å². The zero-order valence-electron chi connectivity index (χ0n) is 21.2. The molecule has 36 heavy (non-hydrogen) atoms. The SMILES string of the molecule is CCC1=C2[C@@H](CC/C(C)=C/c3ccc(CO)o3)OC[C@@H]2[C@@H]2C(=O)N(CCCCCC(=O)O)C(=O)[C@@H]2C1. The number of rotatable bonds is 12. The predicted molar refractivity (Wildman–Crippen MR) is 132 cm³/mol. The van der Waals surface area contributed by atoms with Crippen molar-refractivity contribution >= 4 is 23.9 Å². The van der Waals surface area contributed by atoms with Gasteiger partial charge in [0.1, 0.15) is 18.1 Å². The Kier molecular flexibility index (Phi) is 8.46. The molecule has 2 fully saturated rings. The van der Waals surface area contributed by atoms with Gasteiger partial charge in [-0.2, -0.15) is 0 Å². The molecule has 0 saturated carbocycles. The molecule has 2 N–H and O–H groups in total. The molecule has 2 amide bonds. The molecule has 8 nitrogen and oxygen atoms in total. The summed E-state index contributed by atoms with van der Waals surface area (Å²) in [6, 6.07) is 3.61. The van der Waals surface area contributed by atoms with Crippen LogP contribution in [-0.4, -0.2) is 52.2 Å². The second-order valence-corrected chi connectivity index (χ2v) is 10.2. The fraction of sp³-hybridized carbons (Fsp3) is 0.607. The number of carboxylic acids is 1. The fourth-order valence-electron chi connectivity index (χ4n) is 6.05. The Hall–Kier alpha value is -2.71. The first-order valence-corrected chi connectivity index (χ1v) is 13.1. The molecule has 8 heteroatoms. The third-order valence-electron chi connectivity index (χ3n) is 7.83. The van der Waals surface area contributed by atoms with E-state index >= 15 is 0 Å². The number of likely N-dealkylation sites (tertiary alicyclic amines) is 1. The molecule has 1 aromatic heterocycles. The minimum absolute atomic E-state index is 0.0429. The van der Waals surface area contributed by atoms with Gasteiger partial charge in [0.2, 0.25) is 11.8 Å². The molecule has 1 aromatic rings. The van der Waals surface area contributed by atoms with Crippen LogP contribution in [0.2, 0.25) is 0 Å². The Morgan fingerprint density at radius 2 is 1.94 bits per heavy atom. The van der Waals surface area contributed by atoms with Crippen molar-refractivity contribution < 1.29 is 33.8 Å². The first-order chi connectivity index (χ1) is 17.3. The van der Waals surface area contributed by atoms with Crippen LogP contribution < -0.4 is 0 Å². The van der Waals surface area contributed by atoms with Gasteiger partial charge >= 0.3 is 5.97 Å². The summed E-state index contributed by atoms with van der Waals surface area (Å²) in [6.45, 7) is 4.87. The molecular formula is C28H37NO7. The number of allylic oxidation sites excluding steroid dienone is 2. The molecule has 0 bridgehead atoms. The maximum atomic E-state index is 13.4. The van der Waals surface area contributed by atoms with Gasteiger partial charge in [-0.05, 0) is 69.2 Å². The number of aliphatic carboxylic acids is 1. The van der Waals surface area contributed by atoms with E-state index in [2.05, 4.69) is 6.92 Å². The standard InChI is InChI=1S/C28H37NO7/c1-3-18-14-21-26(28(34)29(27(21)33)12-6-4-5-7-24(31)32)22-16-35-23(25(18)22)11-8-17(2)13-19-9-10-20(15-30)36-19/h9-10,13,21-23,26,30H,3-8,11-12,14-16H2,1-2H3,(H,31,32)/b17-13+/t21-,22+,23-,26-/m1/s1. The monoisotopic (exact) mass is 499 g/mol. The van der Waals surface area contributed by atoms with Crippen molar-refractivity contribution in [3.63, 3.8) is 0 Å². The van der Waals surface area contributed by atoms with Crippen LogP contribution in [0.25, 0.3) is 6.08 Å². The zero-order valence-corrected chi connectivity index (χ0v) is 21.2. The van der Waals surface area contributed by atoms with Crippen molar-refractivity contribution in [3.8, 4) is 0 Å². The molecule has 0 unspecified atom stereocenters. The van der Waals surface area contributed by atoms with E-state index in [1.165, 1.54) is 16.0 Å². The Morgan fingerprint density at radius 3 is 2.64 bits per heavy atom. The lowest BCUT2D eigenvalue weighted by Gasteiger charge is -2.31. The van der Waals surface area contributed by atoms with E-state index in [1.54, 1.807) is 6.07 Å². The van der Waals surface area contributed by atoms with Crippen LogP contribution in [0.4, 0.5) is 0 Å². The second kappa shape index (κ2) is 11.6. The second-order valence-electron chi connectivity index (χ2n) is 10.2. The normalized spacial score (nSPS) is 26.1. The molecule has 4 rings (SSSR count). The lowest BCUT2D eigenvalue weighted by atomic mass is 9.69. The molecule has 4 atom stereocenters. The fourth-order valence-corrected chi connectivity index (χ4v) is 6.05. The average Bonchev–Trinajstić information content (AvgIpc) is 3.55. The van der Waals surface area contributed by atoms with E-state index in [1.807, 2.05) is 19.1 Å². The topological polar surface area (TPSA) is 117 Å². The Morgan fingerprint density at radius 1 is 1.14 bits per heavy atom. The lowest BCUT2D eigenvalue weighted by Crippen LogP contribution is -2.34. The number of carbonyl (C=O) groups is 3. The number of amides is 2. The lowest BCUT2D eigenvalue weighted by molar-refractivity contribution is -0.141. The maximum absolute atomic E-state index is 13.4. The quantitative estimate of drug-likeness (QED) is 0.250. The van der Waals surface area contributed by atoms with Crippen LogP contribution in [0.5, 0.6) is 0 Å². The van der Waals surface area contributed by atoms with Crippen molar-refractivity contribution in [2.24, 2.45) is 17.8 Å². The number of nitrogens with zero attached hydrogens (tertiary/aromatic N) is 1.